The van der Waals surface area contributed by atoms with E-state index in [0.29, 0.717) is 6.42 Å². The molecule has 2 atom stereocenters. The van der Waals surface area contributed by atoms with Crippen LogP contribution in [0.3, 0.4) is 0 Å². The summed E-state index contributed by atoms with van der Waals surface area (Å²) in [5.74, 6) is 2.13. The molecule has 1 aliphatic rings. The molecular weight excluding hydrogens is 310 g/mol. The standard InChI is InChI=1S/C15H20F2N2O2S/c1-10(11-2-4-13(5-3-11)21-15(16)17)19-14(20)8-12-9-22-7-6-18-12/h2-5,10,12,15,18H,6-9H2,1H3,(H,19,20). The van der Waals surface area contributed by atoms with E-state index in [1.165, 1.54) is 12.1 Å². The van der Waals surface area contributed by atoms with Crippen LogP contribution in [0.4, 0.5) is 8.78 Å². The predicted molar refractivity (Wildman–Crippen MR) is 83.4 cm³/mol. The van der Waals surface area contributed by atoms with E-state index in [0.717, 1.165) is 23.6 Å². The Morgan fingerprint density at radius 2 is 2.18 bits per heavy atom. The van der Waals surface area contributed by atoms with Gasteiger partial charge in [0.15, 0.2) is 0 Å². The van der Waals surface area contributed by atoms with Gasteiger partial charge < -0.3 is 15.4 Å². The fraction of sp³-hybridized carbons (Fsp3) is 0.533. The van der Waals surface area contributed by atoms with Gasteiger partial charge in [0, 0.05) is 30.5 Å². The van der Waals surface area contributed by atoms with Crippen LogP contribution in [0, 0.1) is 0 Å². The fourth-order valence-corrected chi connectivity index (χ4v) is 3.25. The molecule has 7 heteroatoms. The topological polar surface area (TPSA) is 50.4 Å². The molecule has 2 unspecified atom stereocenters. The van der Waals surface area contributed by atoms with E-state index in [9.17, 15) is 13.6 Å². The van der Waals surface area contributed by atoms with Crippen molar-refractivity contribution in [3.05, 3.63) is 29.8 Å². The number of carbonyl (C=O) groups excluding carboxylic acids is 1. The first-order chi connectivity index (χ1) is 10.5. The Morgan fingerprint density at radius 1 is 1.45 bits per heavy atom. The van der Waals surface area contributed by atoms with Gasteiger partial charge in [-0.15, -0.1) is 0 Å². The average Bonchev–Trinajstić information content (AvgIpc) is 2.48. The Balaban J connectivity index is 1.82. The molecule has 4 nitrogen and oxygen atoms in total. The van der Waals surface area contributed by atoms with E-state index in [4.69, 9.17) is 0 Å². The average molecular weight is 330 g/mol. The van der Waals surface area contributed by atoms with Gasteiger partial charge in [-0.3, -0.25) is 4.79 Å². The first kappa shape index (κ1) is 17.0. The highest BCUT2D eigenvalue weighted by molar-refractivity contribution is 7.99. The van der Waals surface area contributed by atoms with E-state index in [-0.39, 0.29) is 23.7 Å². The van der Waals surface area contributed by atoms with E-state index in [2.05, 4.69) is 15.4 Å². The molecule has 1 aliphatic heterocycles. The van der Waals surface area contributed by atoms with Crippen molar-refractivity contribution >= 4 is 17.7 Å². The van der Waals surface area contributed by atoms with Gasteiger partial charge in [-0.25, -0.2) is 0 Å². The molecule has 0 aromatic heterocycles. The van der Waals surface area contributed by atoms with Gasteiger partial charge in [0.25, 0.3) is 0 Å². The summed E-state index contributed by atoms with van der Waals surface area (Å²) in [4.78, 5) is 12.0. The van der Waals surface area contributed by atoms with Crippen LogP contribution in [0.25, 0.3) is 0 Å². The smallest absolute Gasteiger partial charge is 0.387 e. The summed E-state index contributed by atoms with van der Waals surface area (Å²) >= 11 is 1.85. The third-order valence-electron chi connectivity index (χ3n) is 3.41. The molecule has 2 N–H and O–H groups in total. The Bertz CT molecular complexity index is 479. The van der Waals surface area contributed by atoms with Crippen molar-refractivity contribution in [2.45, 2.75) is 32.0 Å². The van der Waals surface area contributed by atoms with Crippen LogP contribution in [0.1, 0.15) is 24.9 Å². The van der Waals surface area contributed by atoms with E-state index >= 15 is 0 Å². The number of ether oxygens (including phenoxy) is 1. The summed E-state index contributed by atoms with van der Waals surface area (Å²) in [6, 6.07) is 6.35. The Kier molecular flexibility index (Phi) is 6.45. The summed E-state index contributed by atoms with van der Waals surface area (Å²) in [7, 11) is 0. The van der Waals surface area contributed by atoms with Gasteiger partial charge in [0.2, 0.25) is 5.91 Å². The minimum absolute atomic E-state index is 0.0135. The van der Waals surface area contributed by atoms with Crippen molar-refractivity contribution in [1.82, 2.24) is 10.6 Å². The normalized spacial score (nSPS) is 19.7. The molecule has 1 heterocycles. The van der Waals surface area contributed by atoms with Gasteiger partial charge in [0.05, 0.1) is 6.04 Å². The Hall–Kier alpha value is -1.34. The Labute approximate surface area is 133 Å². The molecule has 0 radical (unpaired) electrons. The van der Waals surface area contributed by atoms with E-state index < -0.39 is 6.61 Å². The number of amides is 1. The number of rotatable bonds is 6. The lowest BCUT2D eigenvalue weighted by atomic mass is 10.1. The number of hydrogen-bond donors (Lipinski definition) is 2. The van der Waals surface area contributed by atoms with Crippen LogP contribution in [-0.4, -0.2) is 36.6 Å². The van der Waals surface area contributed by atoms with Crippen molar-refractivity contribution in [1.29, 1.82) is 0 Å². The molecule has 2 rings (SSSR count). The van der Waals surface area contributed by atoms with Gasteiger partial charge in [-0.05, 0) is 24.6 Å². The van der Waals surface area contributed by atoms with Crippen molar-refractivity contribution in [3.8, 4) is 5.75 Å². The molecule has 1 aromatic rings. The molecule has 1 aromatic carbocycles. The highest BCUT2D eigenvalue weighted by atomic mass is 32.2. The first-order valence-electron chi connectivity index (χ1n) is 7.20. The van der Waals surface area contributed by atoms with Crippen LogP contribution in [0.5, 0.6) is 5.75 Å². The summed E-state index contributed by atoms with van der Waals surface area (Å²) in [6.45, 7) is -0.0305. The number of halogens is 2. The zero-order valence-corrected chi connectivity index (χ0v) is 13.2. The number of nitrogens with one attached hydrogen (secondary N) is 2. The summed E-state index contributed by atoms with van der Waals surface area (Å²) in [6.07, 6.45) is 0.448. The largest absolute Gasteiger partial charge is 0.435 e. The van der Waals surface area contributed by atoms with Gasteiger partial charge in [-0.2, -0.15) is 20.5 Å². The van der Waals surface area contributed by atoms with Crippen LogP contribution < -0.4 is 15.4 Å². The molecule has 0 saturated carbocycles. The maximum atomic E-state index is 12.1. The zero-order valence-electron chi connectivity index (χ0n) is 12.4. The Morgan fingerprint density at radius 3 is 2.77 bits per heavy atom. The lowest BCUT2D eigenvalue weighted by Gasteiger charge is -2.23. The lowest BCUT2D eigenvalue weighted by Crippen LogP contribution is -2.41. The number of hydrogen-bond acceptors (Lipinski definition) is 4. The zero-order chi connectivity index (χ0) is 15.9. The fourth-order valence-electron chi connectivity index (χ4n) is 2.30. The van der Waals surface area contributed by atoms with Crippen LogP contribution in [0.15, 0.2) is 24.3 Å². The number of carbonyl (C=O) groups is 1. The highest BCUT2D eigenvalue weighted by Crippen LogP contribution is 2.19. The lowest BCUT2D eigenvalue weighted by molar-refractivity contribution is -0.122. The SMILES string of the molecule is CC(NC(=O)CC1CSCCN1)c1ccc(OC(F)F)cc1. The van der Waals surface area contributed by atoms with Gasteiger partial charge in [0.1, 0.15) is 5.75 Å². The second-order valence-corrected chi connectivity index (χ2v) is 6.32. The number of thioether (sulfide) groups is 1. The van der Waals surface area contributed by atoms with Crippen molar-refractivity contribution in [3.63, 3.8) is 0 Å². The third kappa shape index (κ3) is 5.46. The summed E-state index contributed by atoms with van der Waals surface area (Å²) in [5, 5.41) is 6.25. The number of benzene rings is 1. The maximum absolute atomic E-state index is 12.1. The second kappa shape index (κ2) is 8.33. The summed E-state index contributed by atoms with van der Waals surface area (Å²) < 4.78 is 28.5. The van der Waals surface area contributed by atoms with Crippen LogP contribution >= 0.6 is 11.8 Å². The van der Waals surface area contributed by atoms with Crippen molar-refractivity contribution < 1.29 is 18.3 Å². The highest BCUT2D eigenvalue weighted by Gasteiger charge is 2.18. The van der Waals surface area contributed by atoms with Crippen molar-refractivity contribution in [2.24, 2.45) is 0 Å². The molecule has 1 fully saturated rings. The monoisotopic (exact) mass is 330 g/mol. The second-order valence-electron chi connectivity index (χ2n) is 5.17. The van der Waals surface area contributed by atoms with Gasteiger partial charge >= 0.3 is 6.61 Å². The van der Waals surface area contributed by atoms with Crippen LogP contribution in [-0.2, 0) is 4.79 Å². The van der Waals surface area contributed by atoms with Crippen LogP contribution in [0.2, 0.25) is 0 Å². The molecule has 0 aliphatic carbocycles. The minimum Gasteiger partial charge on any atom is -0.435 e. The van der Waals surface area contributed by atoms with E-state index in [1.807, 2.05) is 18.7 Å². The molecule has 0 spiro atoms. The quantitative estimate of drug-likeness (QED) is 0.842. The minimum atomic E-state index is -2.83. The number of alkyl halides is 2. The van der Waals surface area contributed by atoms with Crippen molar-refractivity contribution in [2.75, 3.05) is 18.1 Å². The molecule has 1 amide bonds. The summed E-state index contributed by atoms with van der Waals surface area (Å²) in [5.41, 5.74) is 0.848. The first-order valence-corrected chi connectivity index (χ1v) is 8.35. The predicted octanol–water partition coefficient (Wildman–Crippen LogP) is 2.56. The molecular formula is C15H20F2N2O2S. The molecule has 22 heavy (non-hydrogen) atoms. The molecule has 1 saturated heterocycles. The van der Waals surface area contributed by atoms with Gasteiger partial charge in [-0.1, -0.05) is 12.1 Å². The maximum Gasteiger partial charge on any atom is 0.387 e. The third-order valence-corrected chi connectivity index (χ3v) is 4.54. The molecule has 0 bridgehead atoms. The molecule has 122 valence electrons. The van der Waals surface area contributed by atoms with E-state index in [1.54, 1.807) is 12.1 Å².